The van der Waals surface area contributed by atoms with Crippen LogP contribution in [0.3, 0.4) is 0 Å². The van der Waals surface area contributed by atoms with E-state index in [4.69, 9.17) is 9.47 Å². The molecule has 1 heterocycles. The van der Waals surface area contributed by atoms with E-state index in [1.54, 1.807) is 14.0 Å². The largest absolute Gasteiger partial charge is 0.493 e. The van der Waals surface area contributed by atoms with E-state index in [1.165, 1.54) is 29.5 Å². The van der Waals surface area contributed by atoms with Crippen LogP contribution in [0.25, 0.3) is 0 Å². The van der Waals surface area contributed by atoms with Gasteiger partial charge in [0.2, 0.25) is 0 Å². The fourth-order valence-electron chi connectivity index (χ4n) is 4.32. The van der Waals surface area contributed by atoms with Gasteiger partial charge in [0.15, 0.2) is 17.3 Å². The van der Waals surface area contributed by atoms with Crippen LogP contribution in [-0.4, -0.2) is 24.0 Å². The molecule has 1 unspecified atom stereocenters. The van der Waals surface area contributed by atoms with Crippen molar-refractivity contribution in [2.75, 3.05) is 7.11 Å². The molecule has 3 aromatic rings. The summed E-state index contributed by atoms with van der Waals surface area (Å²) in [5.41, 5.74) is 4.27. The van der Waals surface area contributed by atoms with Gasteiger partial charge >= 0.3 is 0 Å². The molecule has 0 amide bonds. The minimum Gasteiger partial charge on any atom is -0.493 e. The summed E-state index contributed by atoms with van der Waals surface area (Å²) in [4.78, 5) is 15.9. The topological polar surface area (TPSA) is 48.4 Å². The normalized spacial score (nSPS) is 14.9. The molecule has 1 aromatic heterocycles. The molecular formula is C27H29NO3. The monoisotopic (exact) mass is 415 g/mol. The zero-order valence-electron chi connectivity index (χ0n) is 18.2. The highest BCUT2D eigenvalue weighted by Gasteiger charge is 2.21. The molecule has 4 rings (SSSR count). The molecule has 1 saturated carbocycles. The van der Waals surface area contributed by atoms with Crippen molar-refractivity contribution >= 4 is 5.78 Å². The summed E-state index contributed by atoms with van der Waals surface area (Å²) in [5, 5.41) is 0. The van der Waals surface area contributed by atoms with Crippen LogP contribution in [0.15, 0.2) is 67.0 Å². The molecule has 1 aliphatic carbocycles. The molecule has 4 heteroatoms. The van der Waals surface area contributed by atoms with E-state index in [1.807, 2.05) is 30.6 Å². The average molecular weight is 416 g/mol. The first kappa shape index (κ1) is 21.1. The number of carbonyl (C=O) groups is 1. The fraction of sp³-hybridized carbons (Fsp3) is 0.333. The SMILES string of the molecule is COc1ccc(C(Cc2ccncc2)c2ccc(C(C)=O)cc2)cc1OC1CCCC1. The van der Waals surface area contributed by atoms with Crippen LogP contribution in [0.4, 0.5) is 0 Å². The Labute approximate surface area is 184 Å². The second kappa shape index (κ2) is 9.78. The van der Waals surface area contributed by atoms with Gasteiger partial charge in [0, 0.05) is 23.9 Å². The number of rotatable bonds is 8. The summed E-state index contributed by atoms with van der Waals surface area (Å²) in [5.74, 6) is 1.78. The average Bonchev–Trinajstić information content (AvgIpc) is 3.31. The van der Waals surface area contributed by atoms with Crippen molar-refractivity contribution in [3.8, 4) is 11.5 Å². The highest BCUT2D eigenvalue weighted by molar-refractivity contribution is 5.94. The molecule has 0 radical (unpaired) electrons. The number of ether oxygens (including phenoxy) is 2. The lowest BCUT2D eigenvalue weighted by Crippen LogP contribution is -2.12. The zero-order valence-corrected chi connectivity index (χ0v) is 18.2. The van der Waals surface area contributed by atoms with Crippen molar-refractivity contribution in [3.63, 3.8) is 0 Å². The zero-order chi connectivity index (χ0) is 21.6. The van der Waals surface area contributed by atoms with Crippen molar-refractivity contribution < 1.29 is 14.3 Å². The van der Waals surface area contributed by atoms with Gasteiger partial charge in [0.25, 0.3) is 0 Å². The minimum absolute atomic E-state index is 0.0777. The number of methoxy groups -OCH3 is 1. The second-order valence-electron chi connectivity index (χ2n) is 8.22. The predicted molar refractivity (Wildman–Crippen MR) is 122 cm³/mol. The van der Waals surface area contributed by atoms with Gasteiger partial charge in [-0.2, -0.15) is 0 Å². The maximum atomic E-state index is 11.7. The van der Waals surface area contributed by atoms with E-state index >= 15 is 0 Å². The number of aromatic nitrogens is 1. The summed E-state index contributed by atoms with van der Waals surface area (Å²) in [6.45, 7) is 1.60. The number of pyridine rings is 1. The summed E-state index contributed by atoms with van der Waals surface area (Å²) in [6.07, 6.45) is 9.39. The predicted octanol–water partition coefficient (Wildman–Crippen LogP) is 5.99. The Balaban J connectivity index is 1.70. The van der Waals surface area contributed by atoms with Gasteiger partial charge < -0.3 is 9.47 Å². The highest BCUT2D eigenvalue weighted by Crippen LogP contribution is 2.37. The third-order valence-electron chi connectivity index (χ3n) is 6.09. The Hall–Kier alpha value is -3.14. The molecule has 0 bridgehead atoms. The number of Topliss-reactive ketones (excluding diaryl/α,β-unsaturated/α-hetero) is 1. The van der Waals surface area contributed by atoms with E-state index in [0.29, 0.717) is 0 Å². The van der Waals surface area contributed by atoms with Crippen LogP contribution < -0.4 is 9.47 Å². The molecule has 1 atom stereocenters. The van der Waals surface area contributed by atoms with E-state index < -0.39 is 0 Å². The molecule has 0 aliphatic heterocycles. The smallest absolute Gasteiger partial charge is 0.161 e. The third kappa shape index (κ3) is 5.13. The van der Waals surface area contributed by atoms with Crippen LogP contribution >= 0.6 is 0 Å². The van der Waals surface area contributed by atoms with Crippen LogP contribution in [0.2, 0.25) is 0 Å². The van der Waals surface area contributed by atoms with Gasteiger partial charge in [-0.05, 0) is 80.0 Å². The number of carbonyl (C=O) groups excluding carboxylic acids is 1. The summed E-state index contributed by atoms with van der Waals surface area (Å²) in [6, 6.07) is 18.3. The molecule has 0 N–H and O–H groups in total. The van der Waals surface area contributed by atoms with E-state index in [2.05, 4.69) is 41.4 Å². The molecule has 4 nitrogen and oxygen atoms in total. The van der Waals surface area contributed by atoms with Crippen LogP contribution in [0.5, 0.6) is 11.5 Å². The van der Waals surface area contributed by atoms with Gasteiger partial charge in [-0.15, -0.1) is 0 Å². The van der Waals surface area contributed by atoms with Gasteiger partial charge in [-0.25, -0.2) is 0 Å². The Morgan fingerprint density at radius 2 is 1.65 bits per heavy atom. The number of nitrogens with zero attached hydrogens (tertiary/aromatic N) is 1. The summed E-state index contributed by atoms with van der Waals surface area (Å²) < 4.78 is 11.9. The molecule has 2 aromatic carbocycles. The summed E-state index contributed by atoms with van der Waals surface area (Å²) in [7, 11) is 1.69. The van der Waals surface area contributed by atoms with Crippen LogP contribution in [0.1, 0.15) is 65.6 Å². The molecule has 31 heavy (non-hydrogen) atoms. The molecule has 0 saturated heterocycles. The van der Waals surface area contributed by atoms with E-state index in [-0.39, 0.29) is 17.8 Å². The number of benzene rings is 2. The van der Waals surface area contributed by atoms with Crippen LogP contribution in [-0.2, 0) is 6.42 Å². The van der Waals surface area contributed by atoms with Crippen molar-refractivity contribution in [3.05, 3.63) is 89.2 Å². The Morgan fingerprint density at radius 3 is 2.29 bits per heavy atom. The standard InChI is InChI=1S/C27H29NO3/c1-19(29)21-7-9-22(10-8-21)25(17-20-13-15-28-16-14-20)23-11-12-26(30-2)27(18-23)31-24-5-3-4-6-24/h7-16,18,24-25H,3-6,17H2,1-2H3. The first-order valence-electron chi connectivity index (χ1n) is 11.0. The lowest BCUT2D eigenvalue weighted by atomic mass is 9.85. The quantitative estimate of drug-likeness (QED) is 0.424. The minimum atomic E-state index is 0.0777. The molecule has 1 aliphatic rings. The maximum absolute atomic E-state index is 11.7. The number of hydrogen-bond donors (Lipinski definition) is 0. The molecular weight excluding hydrogens is 386 g/mol. The fourth-order valence-corrected chi connectivity index (χ4v) is 4.32. The van der Waals surface area contributed by atoms with Crippen molar-refractivity contribution in [2.45, 2.75) is 51.0 Å². The second-order valence-corrected chi connectivity index (χ2v) is 8.22. The first-order valence-corrected chi connectivity index (χ1v) is 11.0. The lowest BCUT2D eigenvalue weighted by molar-refractivity contribution is 0.101. The number of ketones is 1. The van der Waals surface area contributed by atoms with Crippen LogP contribution in [0, 0.1) is 0 Å². The molecule has 1 fully saturated rings. The maximum Gasteiger partial charge on any atom is 0.161 e. The lowest BCUT2D eigenvalue weighted by Gasteiger charge is -2.22. The Kier molecular flexibility index (Phi) is 6.66. The van der Waals surface area contributed by atoms with Crippen molar-refractivity contribution in [2.24, 2.45) is 0 Å². The summed E-state index contributed by atoms with van der Waals surface area (Å²) >= 11 is 0. The van der Waals surface area contributed by atoms with E-state index in [0.717, 1.165) is 36.3 Å². The van der Waals surface area contributed by atoms with Gasteiger partial charge in [-0.3, -0.25) is 9.78 Å². The first-order chi connectivity index (χ1) is 15.1. The number of hydrogen-bond acceptors (Lipinski definition) is 4. The highest BCUT2D eigenvalue weighted by atomic mass is 16.5. The van der Waals surface area contributed by atoms with Gasteiger partial charge in [-0.1, -0.05) is 30.3 Å². The van der Waals surface area contributed by atoms with E-state index in [9.17, 15) is 4.79 Å². The van der Waals surface area contributed by atoms with Crippen molar-refractivity contribution in [1.82, 2.24) is 4.98 Å². The molecule has 160 valence electrons. The third-order valence-corrected chi connectivity index (χ3v) is 6.09. The van der Waals surface area contributed by atoms with Gasteiger partial charge in [0.05, 0.1) is 13.2 Å². The van der Waals surface area contributed by atoms with Crippen molar-refractivity contribution in [1.29, 1.82) is 0 Å². The molecule has 0 spiro atoms. The Morgan fingerprint density at radius 1 is 0.968 bits per heavy atom. The van der Waals surface area contributed by atoms with Gasteiger partial charge in [0.1, 0.15) is 0 Å². The Bertz CT molecular complexity index is 1010.